The van der Waals surface area contributed by atoms with Crippen molar-refractivity contribution in [3.05, 3.63) is 93.6 Å². The van der Waals surface area contributed by atoms with Crippen LogP contribution >= 0.6 is 35.6 Å². The number of para-hydroxylation sites is 1. The first-order valence-corrected chi connectivity index (χ1v) is 12.8. The second-order valence-electron chi connectivity index (χ2n) is 7.99. The summed E-state index contributed by atoms with van der Waals surface area (Å²) in [4.78, 5) is 27.5. The largest absolute Gasteiger partial charge is 0.493 e. The Labute approximate surface area is 228 Å². The first-order chi connectivity index (χ1) is 17.8. The summed E-state index contributed by atoms with van der Waals surface area (Å²) in [5.74, 6) is -0.907. The molecule has 0 unspecified atom stereocenters. The number of hydrogen-bond acceptors (Lipinski definition) is 6. The molecule has 3 aromatic carbocycles. The Morgan fingerprint density at radius 2 is 1.89 bits per heavy atom. The van der Waals surface area contributed by atoms with E-state index in [1.54, 1.807) is 29.2 Å². The molecule has 1 aliphatic heterocycles. The Morgan fingerprint density at radius 3 is 2.59 bits per heavy atom. The van der Waals surface area contributed by atoms with E-state index in [2.05, 4.69) is 5.32 Å². The number of nitrogens with one attached hydrogen (secondary N) is 1. The van der Waals surface area contributed by atoms with Crippen molar-refractivity contribution in [2.45, 2.75) is 13.0 Å². The molecule has 0 aliphatic carbocycles. The van der Waals surface area contributed by atoms with Crippen molar-refractivity contribution in [2.75, 3.05) is 19.0 Å². The number of anilines is 1. The number of thiocarbonyl (C=S) groups is 1. The van der Waals surface area contributed by atoms with Gasteiger partial charge in [0, 0.05) is 0 Å². The molecule has 37 heavy (non-hydrogen) atoms. The molecule has 0 aromatic heterocycles. The summed E-state index contributed by atoms with van der Waals surface area (Å²) in [6.07, 6.45) is 1.68. The Kier molecular flexibility index (Phi) is 8.48. The van der Waals surface area contributed by atoms with Crippen molar-refractivity contribution < 1.29 is 23.5 Å². The minimum atomic E-state index is -0.566. The number of hydrogen-bond donors (Lipinski definition) is 1. The van der Waals surface area contributed by atoms with Crippen molar-refractivity contribution in [1.29, 1.82) is 0 Å². The molecule has 1 saturated heterocycles. The van der Waals surface area contributed by atoms with Gasteiger partial charge >= 0.3 is 0 Å². The van der Waals surface area contributed by atoms with Crippen LogP contribution in [0.3, 0.4) is 0 Å². The number of rotatable bonds is 8. The van der Waals surface area contributed by atoms with Crippen LogP contribution in [0, 0.1) is 5.82 Å². The number of benzene rings is 3. The van der Waals surface area contributed by atoms with Gasteiger partial charge in [0.1, 0.15) is 10.1 Å². The van der Waals surface area contributed by atoms with Gasteiger partial charge in [-0.25, -0.2) is 4.39 Å². The number of methoxy groups -OCH3 is 1. The van der Waals surface area contributed by atoms with Crippen LogP contribution in [0.15, 0.2) is 71.6 Å². The maximum absolute atomic E-state index is 13.8. The van der Waals surface area contributed by atoms with Gasteiger partial charge in [0.05, 0.1) is 28.8 Å². The number of carbonyl (C=O) groups excluding carboxylic acids is 2. The first kappa shape index (κ1) is 26.7. The molecule has 0 radical (unpaired) electrons. The van der Waals surface area contributed by atoms with Crippen LogP contribution in [-0.2, 0) is 9.59 Å². The SMILES string of the molecule is COc1cc(/C=C2\SC(=S)N([C@H](C)c3ccccc3)C2=O)cc(Cl)c1OCC(=O)Nc1ccccc1F. The standard InChI is InChI=1S/C27H22ClFN2O4S2/c1-16(18-8-4-3-5-9-18)31-26(33)23(37-27(31)36)14-17-12-19(28)25(22(13-17)34-2)35-15-24(32)30-21-11-7-6-10-20(21)29/h3-14,16H,15H2,1-2H3,(H,30,32)/b23-14-/t16-/m1/s1. The lowest BCUT2D eigenvalue weighted by atomic mass is 10.1. The Hall–Kier alpha value is -3.40. The van der Waals surface area contributed by atoms with Crippen LogP contribution in [-0.4, -0.2) is 34.8 Å². The Balaban J connectivity index is 1.49. The molecular weight excluding hydrogens is 535 g/mol. The van der Waals surface area contributed by atoms with Crippen molar-refractivity contribution in [1.82, 2.24) is 4.90 Å². The summed E-state index contributed by atoms with van der Waals surface area (Å²) in [6.45, 7) is 1.51. The summed E-state index contributed by atoms with van der Waals surface area (Å²) < 4.78 is 25.2. The molecule has 3 aromatic rings. The third-order valence-electron chi connectivity index (χ3n) is 5.54. The molecular formula is C27H22ClFN2O4S2. The van der Waals surface area contributed by atoms with E-state index in [-0.39, 0.29) is 34.2 Å². The molecule has 6 nitrogen and oxygen atoms in total. The molecule has 1 fully saturated rings. The lowest BCUT2D eigenvalue weighted by Crippen LogP contribution is -2.30. The number of ether oxygens (including phenoxy) is 2. The minimum absolute atomic E-state index is 0.0448. The molecule has 0 spiro atoms. The zero-order valence-corrected chi connectivity index (χ0v) is 22.3. The van der Waals surface area contributed by atoms with E-state index in [0.29, 0.717) is 14.8 Å². The fourth-order valence-electron chi connectivity index (χ4n) is 3.70. The van der Waals surface area contributed by atoms with E-state index < -0.39 is 18.3 Å². The summed E-state index contributed by atoms with van der Waals surface area (Å²) >= 11 is 13.1. The topological polar surface area (TPSA) is 67.9 Å². The van der Waals surface area contributed by atoms with Gasteiger partial charge in [-0.15, -0.1) is 0 Å². The summed E-state index contributed by atoms with van der Waals surface area (Å²) in [5, 5.41) is 2.62. The number of thioether (sulfide) groups is 1. The van der Waals surface area contributed by atoms with Crippen molar-refractivity contribution in [3.63, 3.8) is 0 Å². The highest BCUT2D eigenvalue weighted by atomic mass is 35.5. The number of nitrogens with zero attached hydrogens (tertiary/aromatic N) is 1. The smallest absolute Gasteiger partial charge is 0.266 e. The fraction of sp³-hybridized carbons (Fsp3) is 0.148. The minimum Gasteiger partial charge on any atom is -0.493 e. The molecule has 0 bridgehead atoms. The highest BCUT2D eigenvalue weighted by Gasteiger charge is 2.36. The van der Waals surface area contributed by atoms with Gasteiger partial charge < -0.3 is 14.8 Å². The van der Waals surface area contributed by atoms with Gasteiger partial charge in [-0.2, -0.15) is 0 Å². The zero-order valence-electron chi connectivity index (χ0n) is 19.9. The van der Waals surface area contributed by atoms with E-state index in [4.69, 9.17) is 33.3 Å². The summed E-state index contributed by atoms with van der Waals surface area (Å²) in [7, 11) is 1.43. The number of amides is 2. The Morgan fingerprint density at radius 1 is 1.19 bits per heavy atom. The first-order valence-electron chi connectivity index (χ1n) is 11.1. The van der Waals surface area contributed by atoms with E-state index in [1.807, 2.05) is 37.3 Å². The fourth-order valence-corrected chi connectivity index (χ4v) is 5.39. The highest BCUT2D eigenvalue weighted by molar-refractivity contribution is 8.26. The van der Waals surface area contributed by atoms with Gasteiger partial charge in [-0.05, 0) is 48.4 Å². The second kappa shape index (κ2) is 11.8. The van der Waals surface area contributed by atoms with Gasteiger partial charge in [0.2, 0.25) is 0 Å². The summed E-state index contributed by atoms with van der Waals surface area (Å²) in [6, 6.07) is 18.5. The van der Waals surface area contributed by atoms with Gasteiger partial charge in [0.25, 0.3) is 11.8 Å². The van der Waals surface area contributed by atoms with Crippen molar-refractivity contribution in [3.8, 4) is 11.5 Å². The molecule has 1 heterocycles. The van der Waals surface area contributed by atoms with Crippen LogP contribution < -0.4 is 14.8 Å². The molecule has 4 rings (SSSR count). The lowest BCUT2D eigenvalue weighted by molar-refractivity contribution is -0.123. The normalized spacial score (nSPS) is 15.1. The molecule has 190 valence electrons. The quantitative estimate of drug-likeness (QED) is 0.253. The average Bonchev–Trinajstić information content (AvgIpc) is 3.16. The van der Waals surface area contributed by atoms with Gasteiger partial charge in [-0.3, -0.25) is 14.5 Å². The third kappa shape index (κ3) is 6.12. The maximum Gasteiger partial charge on any atom is 0.266 e. The van der Waals surface area contributed by atoms with Crippen LogP contribution in [0.2, 0.25) is 5.02 Å². The van der Waals surface area contributed by atoms with E-state index >= 15 is 0 Å². The number of carbonyl (C=O) groups is 2. The van der Waals surface area contributed by atoms with E-state index in [1.165, 1.54) is 37.1 Å². The highest BCUT2D eigenvalue weighted by Crippen LogP contribution is 2.41. The zero-order chi connectivity index (χ0) is 26.5. The van der Waals surface area contributed by atoms with E-state index in [9.17, 15) is 14.0 Å². The lowest BCUT2D eigenvalue weighted by Gasteiger charge is -2.23. The summed E-state index contributed by atoms with van der Waals surface area (Å²) in [5.41, 5.74) is 1.62. The molecule has 1 aliphatic rings. The molecule has 1 atom stereocenters. The monoisotopic (exact) mass is 556 g/mol. The Bertz CT molecular complexity index is 1380. The molecule has 1 N–H and O–H groups in total. The third-order valence-corrected chi connectivity index (χ3v) is 7.15. The predicted octanol–water partition coefficient (Wildman–Crippen LogP) is 6.47. The van der Waals surface area contributed by atoms with Crippen LogP contribution in [0.5, 0.6) is 11.5 Å². The van der Waals surface area contributed by atoms with Crippen LogP contribution in [0.4, 0.5) is 10.1 Å². The average molecular weight is 557 g/mol. The van der Waals surface area contributed by atoms with Gasteiger partial charge in [-0.1, -0.05) is 78.0 Å². The van der Waals surface area contributed by atoms with Crippen molar-refractivity contribution in [2.24, 2.45) is 0 Å². The molecule has 2 amide bonds. The van der Waals surface area contributed by atoms with E-state index in [0.717, 1.165) is 5.56 Å². The van der Waals surface area contributed by atoms with Crippen LogP contribution in [0.1, 0.15) is 24.1 Å². The van der Waals surface area contributed by atoms with Crippen LogP contribution in [0.25, 0.3) is 6.08 Å². The maximum atomic E-state index is 13.8. The van der Waals surface area contributed by atoms with Gasteiger partial charge in [0.15, 0.2) is 18.1 Å². The van der Waals surface area contributed by atoms with Crippen molar-refractivity contribution >= 4 is 63.5 Å². The second-order valence-corrected chi connectivity index (χ2v) is 10.1. The predicted molar refractivity (Wildman–Crippen MR) is 148 cm³/mol. The molecule has 0 saturated carbocycles. The number of halogens is 2. The molecule has 10 heteroatoms.